The predicted molar refractivity (Wildman–Crippen MR) is 119 cm³/mol. The van der Waals surface area contributed by atoms with E-state index in [1.54, 1.807) is 18.2 Å². The summed E-state index contributed by atoms with van der Waals surface area (Å²) in [6.45, 7) is 2.04. The SMILES string of the molecule is CCCCc1cc(F)c(C2CCc3cc(C#Cc4ccc(F)cc4)c(F)cc3C2)c(F)c1. The number of halogens is 4. The van der Waals surface area contributed by atoms with Crippen LogP contribution in [0.2, 0.25) is 0 Å². The van der Waals surface area contributed by atoms with Crippen molar-refractivity contribution in [1.82, 2.24) is 0 Å². The summed E-state index contributed by atoms with van der Waals surface area (Å²) in [6.07, 6.45) is 4.09. The Morgan fingerprint density at radius 3 is 2.25 bits per heavy atom. The zero-order valence-electron chi connectivity index (χ0n) is 18.0. The third kappa shape index (κ3) is 4.88. The molecule has 0 fully saturated rings. The topological polar surface area (TPSA) is 0 Å². The summed E-state index contributed by atoms with van der Waals surface area (Å²) in [5.41, 5.74) is 3.36. The number of aryl methyl sites for hydroxylation is 2. The predicted octanol–water partition coefficient (Wildman–Crippen LogP) is 7.26. The van der Waals surface area contributed by atoms with Crippen molar-refractivity contribution in [3.8, 4) is 11.8 Å². The van der Waals surface area contributed by atoms with Crippen molar-refractivity contribution in [3.63, 3.8) is 0 Å². The van der Waals surface area contributed by atoms with E-state index in [2.05, 4.69) is 11.8 Å². The number of rotatable bonds is 4. The zero-order chi connectivity index (χ0) is 22.7. The van der Waals surface area contributed by atoms with Crippen LogP contribution in [0.4, 0.5) is 17.6 Å². The summed E-state index contributed by atoms with van der Waals surface area (Å²) < 4.78 is 57.3. The van der Waals surface area contributed by atoms with Crippen LogP contribution >= 0.6 is 0 Å². The fourth-order valence-electron chi connectivity index (χ4n) is 4.35. The molecule has 0 amide bonds. The van der Waals surface area contributed by atoms with Gasteiger partial charge >= 0.3 is 0 Å². The summed E-state index contributed by atoms with van der Waals surface area (Å²) in [4.78, 5) is 0. The van der Waals surface area contributed by atoms with Gasteiger partial charge in [0.15, 0.2) is 0 Å². The quantitative estimate of drug-likeness (QED) is 0.298. The van der Waals surface area contributed by atoms with E-state index in [4.69, 9.17) is 0 Å². The Morgan fingerprint density at radius 2 is 1.56 bits per heavy atom. The monoisotopic (exact) mass is 436 g/mol. The van der Waals surface area contributed by atoms with Gasteiger partial charge in [-0.1, -0.05) is 25.2 Å². The molecule has 0 heterocycles. The summed E-state index contributed by atoms with van der Waals surface area (Å²) in [5.74, 6) is 3.51. The molecule has 164 valence electrons. The largest absolute Gasteiger partial charge is 0.207 e. The second kappa shape index (κ2) is 9.61. The molecule has 0 bridgehead atoms. The highest BCUT2D eigenvalue weighted by Crippen LogP contribution is 2.36. The van der Waals surface area contributed by atoms with Gasteiger partial charge in [-0.3, -0.25) is 0 Å². The van der Waals surface area contributed by atoms with E-state index in [-0.39, 0.29) is 22.9 Å². The molecule has 0 N–H and O–H groups in total. The number of hydrogen-bond acceptors (Lipinski definition) is 0. The molecule has 1 aliphatic rings. The molecule has 4 rings (SSSR count). The maximum absolute atomic E-state index is 14.8. The number of hydrogen-bond donors (Lipinski definition) is 0. The van der Waals surface area contributed by atoms with Crippen molar-refractivity contribution in [3.05, 3.63) is 105 Å². The molecular weight excluding hydrogens is 412 g/mol. The Kier molecular flexibility index (Phi) is 6.65. The van der Waals surface area contributed by atoms with Gasteiger partial charge in [0.25, 0.3) is 0 Å². The van der Waals surface area contributed by atoms with Crippen LogP contribution in [0.1, 0.15) is 65.5 Å². The number of benzene rings is 3. The molecule has 3 aromatic carbocycles. The molecule has 0 saturated heterocycles. The fraction of sp³-hybridized carbons (Fsp3) is 0.286. The Bertz CT molecular complexity index is 1160. The molecular formula is C28H24F4. The minimum Gasteiger partial charge on any atom is -0.207 e. The van der Waals surface area contributed by atoms with E-state index in [1.807, 2.05) is 6.92 Å². The van der Waals surface area contributed by atoms with Gasteiger partial charge in [-0.05, 0) is 103 Å². The average Bonchev–Trinajstić information content (AvgIpc) is 2.77. The van der Waals surface area contributed by atoms with Gasteiger partial charge in [0.1, 0.15) is 23.3 Å². The Hall–Kier alpha value is -3.06. The molecule has 1 atom stereocenters. The summed E-state index contributed by atoms with van der Waals surface area (Å²) in [5, 5.41) is 0. The normalized spacial score (nSPS) is 15.1. The smallest absolute Gasteiger partial charge is 0.139 e. The highest BCUT2D eigenvalue weighted by atomic mass is 19.1. The van der Waals surface area contributed by atoms with Crippen molar-refractivity contribution in [2.45, 2.75) is 51.4 Å². The van der Waals surface area contributed by atoms with Crippen molar-refractivity contribution < 1.29 is 17.6 Å². The van der Waals surface area contributed by atoms with Gasteiger partial charge in [0.05, 0.1) is 5.56 Å². The molecule has 32 heavy (non-hydrogen) atoms. The number of unbranched alkanes of at least 4 members (excludes halogenated alkanes) is 1. The lowest BCUT2D eigenvalue weighted by Crippen LogP contribution is -2.16. The van der Waals surface area contributed by atoms with Gasteiger partial charge in [-0.2, -0.15) is 0 Å². The zero-order valence-corrected chi connectivity index (χ0v) is 18.0. The van der Waals surface area contributed by atoms with Crippen LogP contribution in [0.25, 0.3) is 0 Å². The second-order valence-electron chi connectivity index (χ2n) is 8.37. The highest BCUT2D eigenvalue weighted by Gasteiger charge is 2.26. The molecule has 0 radical (unpaired) electrons. The summed E-state index contributed by atoms with van der Waals surface area (Å²) in [6, 6.07) is 11.7. The lowest BCUT2D eigenvalue weighted by Gasteiger charge is -2.26. The molecule has 1 aliphatic carbocycles. The van der Waals surface area contributed by atoms with Gasteiger partial charge in [-0.25, -0.2) is 17.6 Å². The Morgan fingerprint density at radius 1 is 0.844 bits per heavy atom. The first-order chi connectivity index (χ1) is 15.4. The van der Waals surface area contributed by atoms with Gasteiger partial charge in [-0.15, -0.1) is 0 Å². The van der Waals surface area contributed by atoms with Gasteiger partial charge in [0.2, 0.25) is 0 Å². The van der Waals surface area contributed by atoms with E-state index >= 15 is 0 Å². The van der Waals surface area contributed by atoms with Crippen LogP contribution in [0, 0.1) is 35.1 Å². The molecule has 0 saturated carbocycles. The van der Waals surface area contributed by atoms with E-state index < -0.39 is 17.5 Å². The van der Waals surface area contributed by atoms with Gasteiger partial charge < -0.3 is 0 Å². The van der Waals surface area contributed by atoms with Crippen LogP contribution in [-0.2, 0) is 19.3 Å². The second-order valence-corrected chi connectivity index (χ2v) is 8.37. The van der Waals surface area contributed by atoms with E-state index in [0.29, 0.717) is 36.8 Å². The third-order valence-electron chi connectivity index (χ3n) is 6.07. The molecule has 1 unspecified atom stereocenters. The van der Waals surface area contributed by atoms with E-state index in [1.165, 1.54) is 30.3 Å². The van der Waals surface area contributed by atoms with Gasteiger partial charge in [0, 0.05) is 11.1 Å². The van der Waals surface area contributed by atoms with Crippen molar-refractivity contribution in [1.29, 1.82) is 0 Å². The van der Waals surface area contributed by atoms with Crippen LogP contribution in [0.15, 0.2) is 48.5 Å². The molecule has 0 aliphatic heterocycles. The standard InChI is InChI=1S/C28H24F4/c1-2-3-4-19-13-26(31)28(27(32)14-19)22-10-9-20-15-21(25(30)17-23(20)16-22)8-5-18-6-11-24(29)12-7-18/h6-7,11-15,17,22H,2-4,9-10,16H2,1H3. The minimum absolute atomic E-state index is 0.108. The molecule has 0 nitrogen and oxygen atoms in total. The van der Waals surface area contributed by atoms with Crippen LogP contribution in [-0.4, -0.2) is 0 Å². The summed E-state index contributed by atoms with van der Waals surface area (Å²) in [7, 11) is 0. The minimum atomic E-state index is -0.508. The average molecular weight is 436 g/mol. The van der Waals surface area contributed by atoms with Crippen molar-refractivity contribution in [2.24, 2.45) is 0 Å². The van der Waals surface area contributed by atoms with Crippen LogP contribution in [0.5, 0.6) is 0 Å². The lowest BCUT2D eigenvalue weighted by atomic mass is 9.79. The van der Waals surface area contributed by atoms with Crippen LogP contribution < -0.4 is 0 Å². The molecule has 3 aromatic rings. The maximum atomic E-state index is 14.8. The number of fused-ring (bicyclic) bond motifs is 1. The first kappa shape index (κ1) is 22.1. The highest BCUT2D eigenvalue weighted by molar-refractivity contribution is 5.48. The molecule has 4 heteroatoms. The van der Waals surface area contributed by atoms with Crippen LogP contribution in [0.3, 0.4) is 0 Å². The van der Waals surface area contributed by atoms with Crippen molar-refractivity contribution >= 4 is 0 Å². The molecule has 0 spiro atoms. The Balaban J connectivity index is 1.56. The first-order valence-electron chi connectivity index (χ1n) is 11.0. The van der Waals surface area contributed by atoms with Crippen molar-refractivity contribution in [2.75, 3.05) is 0 Å². The maximum Gasteiger partial charge on any atom is 0.139 e. The molecule has 0 aromatic heterocycles. The van der Waals surface area contributed by atoms with E-state index in [9.17, 15) is 17.6 Å². The first-order valence-corrected chi connectivity index (χ1v) is 11.0. The Labute approximate surface area is 186 Å². The van der Waals surface area contributed by atoms with E-state index in [0.717, 1.165) is 24.0 Å². The summed E-state index contributed by atoms with van der Waals surface area (Å²) >= 11 is 0. The lowest BCUT2D eigenvalue weighted by molar-refractivity contribution is 0.488. The fourth-order valence-corrected chi connectivity index (χ4v) is 4.35. The third-order valence-corrected chi connectivity index (χ3v) is 6.07.